The second kappa shape index (κ2) is 5.43. The summed E-state index contributed by atoms with van der Waals surface area (Å²) >= 11 is 10.7. The van der Waals surface area contributed by atoms with Crippen LogP contribution in [0.5, 0.6) is 0 Å². The molecule has 0 N–H and O–H groups in total. The zero-order chi connectivity index (χ0) is 14.1. The monoisotopic (exact) mass is 300 g/mol. The lowest BCUT2D eigenvalue weighted by Crippen LogP contribution is -1.98. The van der Waals surface area contributed by atoms with Gasteiger partial charge in [-0.1, -0.05) is 42.8 Å². The van der Waals surface area contributed by atoms with Gasteiger partial charge < -0.3 is 0 Å². The van der Waals surface area contributed by atoms with E-state index in [9.17, 15) is 0 Å². The van der Waals surface area contributed by atoms with Crippen molar-refractivity contribution < 1.29 is 0 Å². The van der Waals surface area contributed by atoms with Crippen LogP contribution < -0.4 is 0 Å². The predicted octanol–water partition coefficient (Wildman–Crippen LogP) is 4.80. The van der Waals surface area contributed by atoms with Crippen LogP contribution >= 0.6 is 24.2 Å². The number of aromatic nitrogens is 2. The Hall–Kier alpha value is -1.58. The molecule has 0 atom stereocenters. The van der Waals surface area contributed by atoms with Crippen LogP contribution in [0, 0.1) is 0 Å². The Morgan fingerprint density at radius 2 is 1.85 bits per heavy atom. The second-order valence-electron chi connectivity index (χ2n) is 4.50. The van der Waals surface area contributed by atoms with E-state index in [0.717, 1.165) is 39.3 Å². The number of aryl methyl sites for hydroxylation is 1. The minimum Gasteiger partial charge on any atom is -0.249 e. The van der Waals surface area contributed by atoms with Crippen LogP contribution in [-0.4, -0.2) is 9.97 Å². The largest absolute Gasteiger partial charge is 0.249 e. The topological polar surface area (TPSA) is 25.8 Å². The first-order valence-electron chi connectivity index (χ1n) is 6.44. The van der Waals surface area contributed by atoms with Gasteiger partial charge in [0.05, 0.1) is 21.9 Å². The van der Waals surface area contributed by atoms with E-state index in [1.807, 2.05) is 42.5 Å². The molecular weight excluding hydrogens is 288 g/mol. The molecule has 4 heteroatoms. The molecule has 0 saturated carbocycles. The van der Waals surface area contributed by atoms with Crippen molar-refractivity contribution in [1.82, 2.24) is 9.97 Å². The first-order chi connectivity index (χ1) is 9.70. The molecule has 0 saturated heterocycles. The zero-order valence-electron chi connectivity index (χ0n) is 11.0. The van der Waals surface area contributed by atoms with E-state index in [-0.39, 0.29) is 0 Å². The summed E-state index contributed by atoms with van der Waals surface area (Å²) in [5.74, 6) is 0. The average Bonchev–Trinajstić information content (AvgIpc) is 2.47. The van der Waals surface area contributed by atoms with Gasteiger partial charge in [-0.25, -0.2) is 9.97 Å². The van der Waals surface area contributed by atoms with E-state index < -0.39 is 0 Å². The summed E-state index contributed by atoms with van der Waals surface area (Å²) in [7, 11) is 0. The van der Waals surface area contributed by atoms with E-state index in [1.165, 1.54) is 0 Å². The maximum Gasteiger partial charge on any atom is 0.108 e. The predicted molar refractivity (Wildman–Crippen MR) is 86.6 cm³/mol. The van der Waals surface area contributed by atoms with Crippen molar-refractivity contribution in [1.29, 1.82) is 0 Å². The van der Waals surface area contributed by atoms with Gasteiger partial charge in [-0.3, -0.25) is 0 Å². The highest BCUT2D eigenvalue weighted by Gasteiger charge is 2.13. The van der Waals surface area contributed by atoms with E-state index >= 15 is 0 Å². The summed E-state index contributed by atoms with van der Waals surface area (Å²) in [6, 6.07) is 13.6. The highest BCUT2D eigenvalue weighted by Crippen LogP contribution is 2.30. The lowest BCUT2D eigenvalue weighted by atomic mass is 10.1. The molecule has 0 unspecified atom stereocenters. The summed E-state index contributed by atoms with van der Waals surface area (Å²) in [5, 5.41) is 0.621. The van der Waals surface area contributed by atoms with Crippen LogP contribution in [0.1, 0.15) is 12.6 Å². The molecule has 100 valence electrons. The van der Waals surface area contributed by atoms with Gasteiger partial charge in [-0.2, -0.15) is 0 Å². The highest BCUT2D eigenvalue weighted by molar-refractivity contribution is 7.80. The molecule has 0 bridgehead atoms. The molecule has 0 aliphatic carbocycles. The van der Waals surface area contributed by atoms with Gasteiger partial charge in [0.25, 0.3) is 0 Å². The molecule has 0 aliphatic heterocycles. The standard InChI is InChI=1S/C16H13ClN2S/c1-2-12-15(10-6-3-4-9-14(10)20)19-16-11(17)7-5-8-13(16)18-12/h3-9,20H,2H2,1H3. The second-order valence-corrected chi connectivity index (χ2v) is 5.39. The van der Waals surface area contributed by atoms with Crippen molar-refractivity contribution in [2.75, 3.05) is 0 Å². The third kappa shape index (κ3) is 2.28. The van der Waals surface area contributed by atoms with Crippen molar-refractivity contribution >= 4 is 35.3 Å². The van der Waals surface area contributed by atoms with Gasteiger partial charge in [-0.15, -0.1) is 12.6 Å². The van der Waals surface area contributed by atoms with Crippen molar-refractivity contribution in [3.05, 3.63) is 53.2 Å². The first-order valence-corrected chi connectivity index (χ1v) is 7.26. The third-order valence-corrected chi connectivity index (χ3v) is 3.91. The molecule has 2 aromatic carbocycles. The molecule has 2 nitrogen and oxygen atoms in total. The number of hydrogen-bond donors (Lipinski definition) is 1. The molecule has 3 aromatic rings. The molecule has 0 radical (unpaired) electrons. The van der Waals surface area contributed by atoms with Gasteiger partial charge in [0.15, 0.2) is 0 Å². The van der Waals surface area contributed by atoms with E-state index in [0.29, 0.717) is 5.02 Å². The van der Waals surface area contributed by atoms with Gasteiger partial charge in [0.1, 0.15) is 5.52 Å². The van der Waals surface area contributed by atoms with Crippen LogP contribution in [0.4, 0.5) is 0 Å². The number of benzene rings is 2. The summed E-state index contributed by atoms with van der Waals surface area (Å²) in [6.45, 7) is 2.07. The van der Waals surface area contributed by atoms with Crippen LogP contribution in [-0.2, 0) is 6.42 Å². The fourth-order valence-corrected chi connectivity index (χ4v) is 2.69. The molecule has 20 heavy (non-hydrogen) atoms. The summed E-state index contributed by atoms with van der Waals surface area (Å²) in [4.78, 5) is 10.3. The van der Waals surface area contributed by atoms with Crippen LogP contribution in [0.25, 0.3) is 22.3 Å². The number of thiol groups is 1. The molecule has 3 rings (SSSR count). The number of halogens is 1. The Bertz CT molecular complexity index is 787. The molecule has 0 spiro atoms. The Morgan fingerprint density at radius 1 is 1.05 bits per heavy atom. The smallest absolute Gasteiger partial charge is 0.108 e. The zero-order valence-corrected chi connectivity index (χ0v) is 12.6. The molecule has 0 amide bonds. The highest BCUT2D eigenvalue weighted by atomic mass is 35.5. The minimum atomic E-state index is 0.621. The normalized spacial score (nSPS) is 10.9. The minimum absolute atomic E-state index is 0.621. The van der Waals surface area contributed by atoms with E-state index in [2.05, 4.69) is 19.6 Å². The van der Waals surface area contributed by atoms with Crippen molar-refractivity contribution in [2.24, 2.45) is 0 Å². The number of nitrogens with zero attached hydrogens (tertiary/aromatic N) is 2. The van der Waals surface area contributed by atoms with E-state index in [1.54, 1.807) is 0 Å². The summed E-state index contributed by atoms with van der Waals surface area (Å²) < 4.78 is 0. The fourth-order valence-electron chi connectivity index (χ4n) is 2.22. The fraction of sp³-hybridized carbons (Fsp3) is 0.125. The van der Waals surface area contributed by atoms with Crippen molar-refractivity contribution in [3.63, 3.8) is 0 Å². The molecule has 1 heterocycles. The van der Waals surface area contributed by atoms with Crippen LogP contribution in [0.3, 0.4) is 0 Å². The lowest BCUT2D eigenvalue weighted by Gasteiger charge is -2.11. The number of hydrogen-bond acceptors (Lipinski definition) is 3. The molecule has 0 fully saturated rings. The first kappa shape index (κ1) is 13.4. The van der Waals surface area contributed by atoms with Crippen molar-refractivity contribution in [2.45, 2.75) is 18.2 Å². The van der Waals surface area contributed by atoms with Crippen LogP contribution in [0.15, 0.2) is 47.4 Å². The van der Waals surface area contributed by atoms with Crippen molar-refractivity contribution in [3.8, 4) is 11.3 Å². The Labute approximate surface area is 128 Å². The average molecular weight is 301 g/mol. The van der Waals surface area contributed by atoms with Gasteiger partial charge in [-0.05, 0) is 24.6 Å². The van der Waals surface area contributed by atoms with Gasteiger partial charge in [0, 0.05) is 10.5 Å². The Morgan fingerprint density at radius 3 is 2.60 bits per heavy atom. The molecule has 0 aliphatic rings. The Kier molecular flexibility index (Phi) is 3.64. The maximum atomic E-state index is 6.23. The SMILES string of the molecule is CCc1nc2cccc(Cl)c2nc1-c1ccccc1S. The molecular formula is C16H13ClN2S. The third-order valence-electron chi connectivity index (χ3n) is 3.21. The van der Waals surface area contributed by atoms with E-state index in [4.69, 9.17) is 21.6 Å². The summed E-state index contributed by atoms with van der Waals surface area (Å²) in [5.41, 5.74) is 4.37. The lowest BCUT2D eigenvalue weighted by molar-refractivity contribution is 1.03. The summed E-state index contributed by atoms with van der Waals surface area (Å²) in [6.07, 6.45) is 0.812. The van der Waals surface area contributed by atoms with Crippen LogP contribution in [0.2, 0.25) is 5.02 Å². The maximum absolute atomic E-state index is 6.23. The Balaban J connectivity index is 2.34. The number of rotatable bonds is 2. The molecule has 1 aromatic heterocycles. The van der Waals surface area contributed by atoms with Gasteiger partial charge in [0.2, 0.25) is 0 Å². The number of fused-ring (bicyclic) bond motifs is 1. The number of para-hydroxylation sites is 1. The quantitative estimate of drug-likeness (QED) is 0.688. The van der Waals surface area contributed by atoms with Gasteiger partial charge >= 0.3 is 0 Å².